The van der Waals surface area contributed by atoms with E-state index < -0.39 is 0 Å². The molecule has 3 aromatic carbocycles. The van der Waals surface area contributed by atoms with Crippen molar-refractivity contribution in [2.24, 2.45) is 0 Å². The number of benzene rings is 3. The summed E-state index contributed by atoms with van der Waals surface area (Å²) in [5.41, 5.74) is 3.92. The molecule has 0 N–H and O–H groups in total. The molecule has 0 spiro atoms. The van der Waals surface area contributed by atoms with Crippen LogP contribution in [0.2, 0.25) is 0 Å². The van der Waals surface area contributed by atoms with Gasteiger partial charge in [-0.25, -0.2) is 0 Å². The highest BCUT2D eigenvalue weighted by molar-refractivity contribution is 7.99. The molecule has 0 saturated carbocycles. The lowest BCUT2D eigenvalue weighted by atomic mass is 9.79. The molecule has 29 heavy (non-hydrogen) atoms. The molecule has 1 fully saturated rings. The normalized spacial score (nSPS) is 19.0. The molecule has 0 radical (unpaired) electrons. The number of hydrogen-bond acceptors (Lipinski definition) is 4. The summed E-state index contributed by atoms with van der Waals surface area (Å²) in [6.07, 6.45) is 0. The summed E-state index contributed by atoms with van der Waals surface area (Å²) >= 11 is 1.82. The minimum atomic E-state index is -0.342. The van der Waals surface area contributed by atoms with Crippen LogP contribution in [0, 0.1) is 0 Å². The van der Waals surface area contributed by atoms with Crippen LogP contribution in [0.25, 0.3) is 0 Å². The van der Waals surface area contributed by atoms with Gasteiger partial charge in [0.1, 0.15) is 0 Å². The molecule has 3 nitrogen and oxygen atoms in total. The van der Waals surface area contributed by atoms with Crippen molar-refractivity contribution in [2.45, 2.75) is 48.7 Å². The predicted octanol–water partition coefficient (Wildman–Crippen LogP) is 5.92. The first kappa shape index (κ1) is 18.8. The average Bonchev–Trinajstić information content (AvgIpc) is 2.93. The zero-order valence-corrected chi connectivity index (χ0v) is 18.0. The number of hydrogen-bond donors (Lipinski definition) is 0. The van der Waals surface area contributed by atoms with Crippen molar-refractivity contribution in [3.63, 3.8) is 0 Å². The van der Waals surface area contributed by atoms with Crippen LogP contribution in [0.3, 0.4) is 0 Å². The van der Waals surface area contributed by atoms with Crippen molar-refractivity contribution < 1.29 is 9.31 Å². The molecule has 2 aliphatic rings. The Bertz CT molecular complexity index is 1000. The molecule has 0 amide bonds. The van der Waals surface area contributed by atoms with Gasteiger partial charge in [-0.2, -0.15) is 0 Å². The van der Waals surface area contributed by atoms with Gasteiger partial charge in [-0.15, -0.1) is 0 Å². The van der Waals surface area contributed by atoms with Gasteiger partial charge in [0.15, 0.2) is 0 Å². The van der Waals surface area contributed by atoms with Gasteiger partial charge < -0.3 is 14.2 Å². The highest BCUT2D eigenvalue weighted by atomic mass is 32.2. The quantitative estimate of drug-likeness (QED) is 0.389. The van der Waals surface area contributed by atoms with Gasteiger partial charge in [0, 0.05) is 15.5 Å². The third-order valence-corrected chi connectivity index (χ3v) is 7.24. The van der Waals surface area contributed by atoms with Crippen molar-refractivity contribution in [2.75, 3.05) is 4.90 Å². The van der Waals surface area contributed by atoms with Crippen LogP contribution in [0.15, 0.2) is 82.6 Å². The highest BCUT2D eigenvalue weighted by Gasteiger charge is 2.51. The lowest BCUT2D eigenvalue weighted by molar-refractivity contribution is 0.00578. The van der Waals surface area contributed by atoms with E-state index in [1.807, 2.05) is 11.8 Å². The van der Waals surface area contributed by atoms with E-state index in [0.717, 1.165) is 11.2 Å². The van der Waals surface area contributed by atoms with Crippen LogP contribution >= 0.6 is 11.8 Å². The third kappa shape index (κ3) is 3.09. The Labute approximate surface area is 177 Å². The Morgan fingerprint density at radius 1 is 0.690 bits per heavy atom. The second kappa shape index (κ2) is 6.66. The second-order valence-electron chi connectivity index (χ2n) is 8.55. The van der Waals surface area contributed by atoms with E-state index in [1.165, 1.54) is 21.2 Å². The fourth-order valence-electron chi connectivity index (χ4n) is 3.74. The van der Waals surface area contributed by atoms with Crippen LogP contribution in [-0.4, -0.2) is 18.3 Å². The van der Waals surface area contributed by atoms with Crippen LogP contribution in [0.4, 0.5) is 17.1 Å². The molecule has 5 heteroatoms. The first-order valence-corrected chi connectivity index (χ1v) is 10.8. The smallest absolute Gasteiger partial charge is 0.399 e. The van der Waals surface area contributed by atoms with Crippen LogP contribution < -0.4 is 10.4 Å². The van der Waals surface area contributed by atoms with E-state index in [4.69, 9.17) is 9.31 Å². The van der Waals surface area contributed by atoms with E-state index in [2.05, 4.69) is 105 Å². The predicted molar refractivity (Wildman–Crippen MR) is 121 cm³/mol. The number of nitrogens with zero attached hydrogens (tertiary/aromatic N) is 1. The molecule has 0 bridgehead atoms. The highest BCUT2D eigenvalue weighted by Crippen LogP contribution is 2.50. The average molecular weight is 401 g/mol. The minimum Gasteiger partial charge on any atom is -0.399 e. The summed E-state index contributed by atoms with van der Waals surface area (Å²) in [5.74, 6) is 0. The first-order valence-electron chi connectivity index (χ1n) is 9.97. The fraction of sp³-hybridized carbons (Fsp3) is 0.250. The molecule has 1 saturated heterocycles. The van der Waals surface area contributed by atoms with Gasteiger partial charge in [-0.3, -0.25) is 0 Å². The second-order valence-corrected chi connectivity index (χ2v) is 9.64. The number of fused-ring (bicyclic) bond motifs is 2. The van der Waals surface area contributed by atoms with Crippen molar-refractivity contribution in [3.8, 4) is 0 Å². The van der Waals surface area contributed by atoms with Gasteiger partial charge in [-0.1, -0.05) is 48.2 Å². The Morgan fingerprint density at radius 3 is 1.69 bits per heavy atom. The van der Waals surface area contributed by atoms with Crippen molar-refractivity contribution in [1.82, 2.24) is 0 Å². The number of anilines is 3. The SMILES string of the molecule is CC1(C)OB(c2ccc(N3c4ccccc4Sc4ccccc43)cc2)OC1(C)C. The Balaban J connectivity index is 1.52. The van der Waals surface area contributed by atoms with E-state index in [0.29, 0.717) is 0 Å². The lowest BCUT2D eigenvalue weighted by Crippen LogP contribution is -2.41. The zero-order chi connectivity index (χ0) is 20.2. The summed E-state index contributed by atoms with van der Waals surface area (Å²) < 4.78 is 12.4. The van der Waals surface area contributed by atoms with E-state index in [1.54, 1.807) is 0 Å². The maximum Gasteiger partial charge on any atom is 0.494 e. The Hall–Kier alpha value is -2.21. The summed E-state index contributed by atoms with van der Waals surface area (Å²) in [5, 5.41) is 0. The zero-order valence-electron chi connectivity index (χ0n) is 17.2. The first-order chi connectivity index (χ1) is 13.9. The van der Waals surface area contributed by atoms with Crippen molar-refractivity contribution in [3.05, 3.63) is 72.8 Å². The Morgan fingerprint density at radius 2 is 1.17 bits per heavy atom. The van der Waals surface area contributed by atoms with Gasteiger partial charge in [-0.05, 0) is 69.6 Å². The molecule has 2 heterocycles. The maximum absolute atomic E-state index is 6.21. The van der Waals surface area contributed by atoms with Crippen LogP contribution in [0.5, 0.6) is 0 Å². The maximum atomic E-state index is 6.21. The van der Waals surface area contributed by atoms with E-state index >= 15 is 0 Å². The third-order valence-electron chi connectivity index (χ3n) is 6.11. The van der Waals surface area contributed by atoms with Crippen LogP contribution in [0.1, 0.15) is 27.7 Å². The molecule has 146 valence electrons. The lowest BCUT2D eigenvalue weighted by Gasteiger charge is -2.32. The molecule has 0 unspecified atom stereocenters. The van der Waals surface area contributed by atoms with E-state index in [-0.39, 0.29) is 18.3 Å². The minimum absolute atomic E-state index is 0.335. The Kier molecular flexibility index (Phi) is 4.32. The summed E-state index contributed by atoms with van der Waals surface area (Å²) in [6, 6.07) is 25.7. The molecular weight excluding hydrogens is 377 g/mol. The molecular formula is C24H24BNO2S. The molecule has 2 aliphatic heterocycles. The van der Waals surface area contributed by atoms with Gasteiger partial charge in [0.05, 0.1) is 22.6 Å². The van der Waals surface area contributed by atoms with Crippen molar-refractivity contribution >= 4 is 41.4 Å². The molecule has 0 aliphatic carbocycles. The standard InChI is InChI=1S/C24H24BNO2S/c1-23(2)24(3,4)28-25(27-23)17-13-15-18(16-14-17)26-19-9-5-7-11-21(19)29-22-12-8-6-10-20(22)26/h5-16H,1-4H3. The fourth-order valence-corrected chi connectivity index (χ4v) is 4.80. The van der Waals surface area contributed by atoms with Gasteiger partial charge in [0.25, 0.3) is 0 Å². The van der Waals surface area contributed by atoms with Gasteiger partial charge >= 0.3 is 7.12 Å². The van der Waals surface area contributed by atoms with Crippen LogP contribution in [-0.2, 0) is 9.31 Å². The topological polar surface area (TPSA) is 21.7 Å². The monoisotopic (exact) mass is 401 g/mol. The van der Waals surface area contributed by atoms with Crippen molar-refractivity contribution in [1.29, 1.82) is 0 Å². The summed E-state index contributed by atoms with van der Waals surface area (Å²) in [7, 11) is -0.342. The summed E-state index contributed by atoms with van der Waals surface area (Å²) in [6.45, 7) is 8.34. The molecule has 0 atom stereocenters. The summed E-state index contributed by atoms with van der Waals surface area (Å²) in [4.78, 5) is 4.86. The largest absolute Gasteiger partial charge is 0.494 e. The van der Waals surface area contributed by atoms with Gasteiger partial charge in [0.2, 0.25) is 0 Å². The number of rotatable bonds is 2. The molecule has 3 aromatic rings. The number of para-hydroxylation sites is 2. The molecule has 5 rings (SSSR count). The molecule has 0 aromatic heterocycles. The van der Waals surface area contributed by atoms with E-state index in [9.17, 15) is 0 Å².